The molecule has 2 aromatic carbocycles. The van der Waals surface area contributed by atoms with Crippen molar-refractivity contribution < 1.29 is 14.3 Å². The van der Waals surface area contributed by atoms with Crippen LogP contribution in [0.5, 0.6) is 11.5 Å². The molecule has 0 heterocycles. The summed E-state index contributed by atoms with van der Waals surface area (Å²) in [4.78, 5) is 12.8. The predicted molar refractivity (Wildman–Crippen MR) is 98.3 cm³/mol. The molecule has 0 aromatic heterocycles. The third kappa shape index (κ3) is 3.40. The van der Waals surface area contributed by atoms with E-state index in [1.165, 1.54) is 5.56 Å². The largest absolute Gasteiger partial charge is 0.493 e. The van der Waals surface area contributed by atoms with Crippen molar-refractivity contribution in [2.45, 2.75) is 32.2 Å². The number of ether oxygens (including phenoxy) is 2. The molecule has 1 aliphatic carbocycles. The summed E-state index contributed by atoms with van der Waals surface area (Å²) in [5.74, 6) is 1.07. The number of hydrogen-bond acceptors (Lipinski definition) is 4. The van der Waals surface area contributed by atoms with E-state index in [-0.39, 0.29) is 11.9 Å². The molecule has 0 fully saturated rings. The van der Waals surface area contributed by atoms with Crippen LogP contribution in [0.3, 0.4) is 0 Å². The van der Waals surface area contributed by atoms with Crippen LogP contribution in [0.1, 0.15) is 45.9 Å². The lowest BCUT2D eigenvalue weighted by molar-refractivity contribution is 0.0931. The van der Waals surface area contributed by atoms with Gasteiger partial charge in [-0.15, -0.1) is 0 Å². The molecule has 5 nitrogen and oxygen atoms in total. The number of anilines is 1. The van der Waals surface area contributed by atoms with E-state index in [0.29, 0.717) is 17.1 Å². The molecule has 25 heavy (non-hydrogen) atoms. The molecule has 3 rings (SSSR count). The number of amides is 1. The molecule has 0 aliphatic heterocycles. The number of hydrogen-bond donors (Lipinski definition) is 2. The summed E-state index contributed by atoms with van der Waals surface area (Å²) in [5, 5.41) is 3.16. The predicted octanol–water partition coefficient (Wildman–Crippen LogP) is 3.40. The molecule has 1 atom stereocenters. The van der Waals surface area contributed by atoms with Gasteiger partial charge in [0.25, 0.3) is 5.91 Å². The van der Waals surface area contributed by atoms with E-state index in [2.05, 4.69) is 5.32 Å². The number of fused-ring (bicyclic) bond motifs is 1. The Bertz CT molecular complexity index is 802. The van der Waals surface area contributed by atoms with Crippen molar-refractivity contribution >= 4 is 11.6 Å². The number of aryl methyl sites for hydroxylation is 2. The highest BCUT2D eigenvalue weighted by Gasteiger charge is 2.23. The van der Waals surface area contributed by atoms with Crippen LogP contribution in [0.4, 0.5) is 5.69 Å². The number of carbonyl (C=O) groups is 1. The summed E-state index contributed by atoms with van der Waals surface area (Å²) in [6.45, 7) is 1.90. The third-order valence-corrected chi connectivity index (χ3v) is 4.76. The maximum atomic E-state index is 12.8. The highest BCUT2D eigenvalue weighted by Crippen LogP contribution is 2.33. The molecular formula is C20H24N2O3. The van der Waals surface area contributed by atoms with Gasteiger partial charge in [0.2, 0.25) is 0 Å². The minimum Gasteiger partial charge on any atom is -0.493 e. The first-order valence-electron chi connectivity index (χ1n) is 8.45. The number of benzene rings is 2. The number of rotatable bonds is 4. The first-order chi connectivity index (χ1) is 12.0. The van der Waals surface area contributed by atoms with Crippen molar-refractivity contribution in [2.75, 3.05) is 20.0 Å². The second-order valence-corrected chi connectivity index (χ2v) is 6.40. The normalized spacial score (nSPS) is 16.0. The molecule has 1 unspecified atom stereocenters. The van der Waals surface area contributed by atoms with E-state index in [0.717, 1.165) is 36.1 Å². The van der Waals surface area contributed by atoms with Crippen LogP contribution in [0.25, 0.3) is 0 Å². The number of nitrogen functional groups attached to an aromatic ring is 1. The SMILES string of the molecule is COc1cc(C)c(C(=O)NC2CCCc3cc(N)ccc32)cc1OC. The van der Waals surface area contributed by atoms with Gasteiger partial charge in [-0.05, 0) is 67.1 Å². The average Bonchev–Trinajstić information content (AvgIpc) is 2.61. The molecule has 2 aromatic rings. The standard InChI is InChI=1S/C20H24N2O3/c1-12-9-18(24-2)19(25-3)11-16(12)20(23)22-17-6-4-5-13-10-14(21)7-8-15(13)17/h7-11,17H,4-6,21H2,1-3H3,(H,22,23). The fourth-order valence-electron chi connectivity index (χ4n) is 3.45. The summed E-state index contributed by atoms with van der Waals surface area (Å²) in [5.41, 5.74) is 10.5. The first-order valence-corrected chi connectivity index (χ1v) is 8.45. The molecule has 1 amide bonds. The van der Waals surface area contributed by atoms with Crippen LogP contribution < -0.4 is 20.5 Å². The molecule has 0 radical (unpaired) electrons. The molecule has 1 aliphatic rings. The minimum atomic E-state index is -0.104. The van der Waals surface area contributed by atoms with Gasteiger partial charge in [0.15, 0.2) is 11.5 Å². The molecule has 5 heteroatoms. The zero-order valence-corrected chi connectivity index (χ0v) is 14.9. The smallest absolute Gasteiger partial charge is 0.252 e. The van der Waals surface area contributed by atoms with Crippen LogP contribution in [-0.4, -0.2) is 20.1 Å². The van der Waals surface area contributed by atoms with E-state index in [4.69, 9.17) is 15.2 Å². The fraction of sp³-hybridized carbons (Fsp3) is 0.350. The van der Waals surface area contributed by atoms with Crippen LogP contribution in [-0.2, 0) is 6.42 Å². The molecule has 132 valence electrons. The second kappa shape index (κ2) is 7.05. The van der Waals surface area contributed by atoms with Crippen molar-refractivity contribution in [1.29, 1.82) is 0 Å². The highest BCUT2D eigenvalue weighted by atomic mass is 16.5. The van der Waals surface area contributed by atoms with Gasteiger partial charge >= 0.3 is 0 Å². The van der Waals surface area contributed by atoms with E-state index in [1.54, 1.807) is 20.3 Å². The second-order valence-electron chi connectivity index (χ2n) is 6.40. The Morgan fingerprint density at radius 2 is 1.88 bits per heavy atom. The maximum absolute atomic E-state index is 12.8. The molecule has 3 N–H and O–H groups in total. The Morgan fingerprint density at radius 3 is 2.60 bits per heavy atom. The highest BCUT2D eigenvalue weighted by molar-refractivity contribution is 5.96. The van der Waals surface area contributed by atoms with Crippen molar-refractivity contribution in [1.82, 2.24) is 5.32 Å². The number of carbonyl (C=O) groups excluding carboxylic acids is 1. The third-order valence-electron chi connectivity index (χ3n) is 4.76. The van der Waals surface area contributed by atoms with Crippen LogP contribution in [0.2, 0.25) is 0 Å². The zero-order valence-electron chi connectivity index (χ0n) is 14.9. The summed E-state index contributed by atoms with van der Waals surface area (Å²) < 4.78 is 10.6. The van der Waals surface area contributed by atoms with E-state index in [1.807, 2.05) is 31.2 Å². The van der Waals surface area contributed by atoms with Crippen LogP contribution in [0, 0.1) is 6.92 Å². The lowest BCUT2D eigenvalue weighted by Gasteiger charge is -2.27. The van der Waals surface area contributed by atoms with Crippen molar-refractivity contribution in [3.05, 3.63) is 52.6 Å². The molecule has 0 bridgehead atoms. The fourth-order valence-corrected chi connectivity index (χ4v) is 3.45. The van der Waals surface area contributed by atoms with Gasteiger partial charge in [-0.1, -0.05) is 6.07 Å². The van der Waals surface area contributed by atoms with Gasteiger partial charge < -0.3 is 20.5 Å². The van der Waals surface area contributed by atoms with Gasteiger partial charge in [0.1, 0.15) is 0 Å². The molecule has 0 spiro atoms. The maximum Gasteiger partial charge on any atom is 0.252 e. The quantitative estimate of drug-likeness (QED) is 0.837. The number of nitrogens with two attached hydrogens (primary N) is 1. The minimum absolute atomic E-state index is 0.00402. The van der Waals surface area contributed by atoms with Gasteiger partial charge in [0.05, 0.1) is 20.3 Å². The Balaban J connectivity index is 1.87. The lowest BCUT2D eigenvalue weighted by Crippen LogP contribution is -2.31. The Morgan fingerprint density at radius 1 is 1.16 bits per heavy atom. The summed E-state index contributed by atoms with van der Waals surface area (Å²) in [6.07, 6.45) is 2.96. The molecule has 0 saturated heterocycles. The Labute approximate surface area is 148 Å². The summed E-state index contributed by atoms with van der Waals surface area (Å²) >= 11 is 0. The average molecular weight is 340 g/mol. The van der Waals surface area contributed by atoms with Crippen LogP contribution in [0.15, 0.2) is 30.3 Å². The van der Waals surface area contributed by atoms with E-state index < -0.39 is 0 Å². The van der Waals surface area contributed by atoms with Crippen molar-refractivity contribution in [2.24, 2.45) is 0 Å². The van der Waals surface area contributed by atoms with E-state index in [9.17, 15) is 4.79 Å². The molecule has 0 saturated carbocycles. The Kier molecular flexibility index (Phi) is 4.83. The zero-order chi connectivity index (χ0) is 18.0. The van der Waals surface area contributed by atoms with Gasteiger partial charge in [-0.3, -0.25) is 4.79 Å². The topological polar surface area (TPSA) is 73.6 Å². The number of nitrogens with one attached hydrogen (secondary N) is 1. The van der Waals surface area contributed by atoms with Gasteiger partial charge in [-0.25, -0.2) is 0 Å². The van der Waals surface area contributed by atoms with Gasteiger partial charge in [0, 0.05) is 11.3 Å². The van der Waals surface area contributed by atoms with Crippen molar-refractivity contribution in [3.63, 3.8) is 0 Å². The lowest BCUT2D eigenvalue weighted by atomic mass is 9.87. The summed E-state index contributed by atoms with van der Waals surface area (Å²) in [7, 11) is 3.15. The van der Waals surface area contributed by atoms with E-state index >= 15 is 0 Å². The first kappa shape index (κ1) is 17.1. The van der Waals surface area contributed by atoms with Gasteiger partial charge in [-0.2, -0.15) is 0 Å². The van der Waals surface area contributed by atoms with Crippen molar-refractivity contribution in [3.8, 4) is 11.5 Å². The Hall–Kier alpha value is -2.69. The summed E-state index contributed by atoms with van der Waals surface area (Å²) in [6, 6.07) is 9.49. The molecular weight excluding hydrogens is 316 g/mol. The monoisotopic (exact) mass is 340 g/mol. The number of methoxy groups -OCH3 is 2. The van der Waals surface area contributed by atoms with Crippen LogP contribution >= 0.6 is 0 Å².